The van der Waals surface area contributed by atoms with Gasteiger partial charge in [0.25, 0.3) is 0 Å². The van der Waals surface area contributed by atoms with Crippen molar-refractivity contribution >= 4 is 11.8 Å². The zero-order valence-electron chi connectivity index (χ0n) is 16.7. The zero-order valence-corrected chi connectivity index (χ0v) is 16.7. The van der Waals surface area contributed by atoms with Gasteiger partial charge in [0.05, 0.1) is 6.42 Å². The number of aryl methyl sites for hydroxylation is 1. The summed E-state index contributed by atoms with van der Waals surface area (Å²) >= 11 is 0. The second kappa shape index (κ2) is 8.45. The number of allylic oxidation sites excluding steroid dienone is 1. The lowest BCUT2D eigenvalue weighted by Crippen LogP contribution is -2.57. The van der Waals surface area contributed by atoms with Gasteiger partial charge in [-0.1, -0.05) is 22.0 Å². The van der Waals surface area contributed by atoms with Crippen molar-refractivity contribution in [2.24, 2.45) is 5.92 Å². The molecule has 7 heteroatoms. The van der Waals surface area contributed by atoms with Gasteiger partial charge in [0.15, 0.2) is 0 Å². The molecule has 28 heavy (non-hydrogen) atoms. The first-order valence-corrected chi connectivity index (χ1v) is 10.6. The van der Waals surface area contributed by atoms with Crippen LogP contribution in [0.15, 0.2) is 16.3 Å². The molecule has 0 bridgehead atoms. The van der Waals surface area contributed by atoms with Crippen LogP contribution in [0.1, 0.15) is 62.8 Å². The number of hydrogen-bond acceptors (Lipinski definition) is 5. The summed E-state index contributed by atoms with van der Waals surface area (Å²) in [7, 11) is 0. The third-order valence-corrected chi connectivity index (χ3v) is 6.62. The topological polar surface area (TPSA) is 79.5 Å². The van der Waals surface area contributed by atoms with E-state index in [1.807, 2.05) is 4.90 Å². The molecule has 0 aromatic carbocycles. The maximum atomic E-state index is 12.7. The van der Waals surface area contributed by atoms with Crippen LogP contribution < -0.4 is 0 Å². The molecule has 2 amide bonds. The van der Waals surface area contributed by atoms with Crippen molar-refractivity contribution in [3.8, 4) is 0 Å². The second-order valence-corrected chi connectivity index (χ2v) is 8.41. The van der Waals surface area contributed by atoms with Crippen molar-refractivity contribution in [3.05, 3.63) is 23.0 Å². The minimum absolute atomic E-state index is 0.0769. The number of aromatic nitrogens is 2. The monoisotopic (exact) mass is 386 g/mol. The first-order chi connectivity index (χ1) is 13.6. The molecule has 7 nitrogen and oxygen atoms in total. The molecule has 0 saturated carbocycles. The Morgan fingerprint density at radius 2 is 2.14 bits per heavy atom. The summed E-state index contributed by atoms with van der Waals surface area (Å²) in [5.74, 6) is 0.752. The predicted molar refractivity (Wildman–Crippen MR) is 103 cm³/mol. The molecule has 3 aliphatic rings. The van der Waals surface area contributed by atoms with Gasteiger partial charge in [-0.25, -0.2) is 4.63 Å². The predicted octanol–water partition coefficient (Wildman–Crippen LogP) is 2.65. The van der Waals surface area contributed by atoms with E-state index in [1.165, 1.54) is 31.3 Å². The van der Waals surface area contributed by atoms with Gasteiger partial charge in [-0.3, -0.25) is 9.59 Å². The summed E-state index contributed by atoms with van der Waals surface area (Å²) < 4.78 is 4.70. The third kappa shape index (κ3) is 4.13. The largest absolute Gasteiger partial charge is 0.342 e. The fourth-order valence-corrected chi connectivity index (χ4v) is 4.93. The van der Waals surface area contributed by atoms with Gasteiger partial charge in [0.1, 0.15) is 11.4 Å². The van der Waals surface area contributed by atoms with Crippen molar-refractivity contribution < 1.29 is 14.2 Å². The Morgan fingerprint density at radius 1 is 1.25 bits per heavy atom. The molecule has 2 atom stereocenters. The second-order valence-electron chi connectivity index (χ2n) is 8.41. The molecule has 2 aliphatic heterocycles. The van der Waals surface area contributed by atoms with E-state index < -0.39 is 0 Å². The van der Waals surface area contributed by atoms with Gasteiger partial charge in [0, 0.05) is 32.1 Å². The first kappa shape index (κ1) is 19.2. The molecule has 1 aromatic heterocycles. The zero-order chi connectivity index (χ0) is 19.5. The number of carbonyl (C=O) groups excluding carboxylic acids is 2. The summed E-state index contributed by atoms with van der Waals surface area (Å²) in [6.45, 7) is 4.08. The quantitative estimate of drug-likeness (QED) is 0.727. The molecular weight excluding hydrogens is 356 g/mol. The van der Waals surface area contributed by atoms with E-state index >= 15 is 0 Å². The van der Waals surface area contributed by atoms with E-state index in [1.54, 1.807) is 6.92 Å². The van der Waals surface area contributed by atoms with Gasteiger partial charge in [0.2, 0.25) is 11.8 Å². The number of fused-ring (bicyclic) bond motifs is 1. The van der Waals surface area contributed by atoms with Crippen LogP contribution in [-0.2, 0) is 16.0 Å². The molecule has 4 rings (SSSR count). The maximum absolute atomic E-state index is 12.7. The van der Waals surface area contributed by atoms with Crippen LogP contribution in [0.2, 0.25) is 0 Å². The minimum Gasteiger partial charge on any atom is -0.342 e. The van der Waals surface area contributed by atoms with Crippen LogP contribution in [-0.4, -0.2) is 57.6 Å². The SMILES string of the molecule is Cc1nonc1CC(=O)N1CC[C@@H]2[C@@H](CCC(=O)N2CCC2=CCCCC2)C1. The molecule has 2 saturated heterocycles. The summed E-state index contributed by atoms with van der Waals surface area (Å²) in [5, 5.41) is 7.58. The fraction of sp³-hybridized carbons (Fsp3) is 0.714. The van der Waals surface area contributed by atoms with Crippen LogP contribution >= 0.6 is 0 Å². The van der Waals surface area contributed by atoms with Gasteiger partial charge in [-0.2, -0.15) is 0 Å². The van der Waals surface area contributed by atoms with Gasteiger partial charge in [-0.15, -0.1) is 0 Å². The molecule has 0 N–H and O–H groups in total. The average molecular weight is 386 g/mol. The molecule has 2 fully saturated rings. The van der Waals surface area contributed by atoms with E-state index in [0.29, 0.717) is 36.2 Å². The van der Waals surface area contributed by atoms with Gasteiger partial charge < -0.3 is 9.80 Å². The van der Waals surface area contributed by atoms with E-state index in [4.69, 9.17) is 4.63 Å². The standard InChI is InChI=1S/C21H30N4O3/c1-15-18(23-28-22-15)13-21(27)24-11-10-19-17(14-24)7-8-20(26)25(19)12-9-16-5-3-2-4-6-16/h5,17,19H,2-4,6-14H2,1H3/t17-,19+/m0/s1. The van der Waals surface area contributed by atoms with Crippen molar-refractivity contribution in [3.63, 3.8) is 0 Å². The van der Waals surface area contributed by atoms with E-state index in [9.17, 15) is 9.59 Å². The summed E-state index contributed by atoms with van der Waals surface area (Å²) in [6.07, 6.45) is 10.9. The maximum Gasteiger partial charge on any atom is 0.228 e. The van der Waals surface area contributed by atoms with Crippen molar-refractivity contribution in [1.29, 1.82) is 0 Å². The number of likely N-dealkylation sites (tertiary alicyclic amines) is 2. The van der Waals surface area contributed by atoms with Gasteiger partial charge >= 0.3 is 0 Å². The van der Waals surface area contributed by atoms with Crippen molar-refractivity contribution in [2.75, 3.05) is 19.6 Å². The third-order valence-electron chi connectivity index (χ3n) is 6.62. The van der Waals surface area contributed by atoms with Crippen molar-refractivity contribution in [2.45, 2.75) is 70.8 Å². The molecule has 0 spiro atoms. The average Bonchev–Trinajstić information content (AvgIpc) is 3.12. The number of nitrogens with zero attached hydrogens (tertiary/aromatic N) is 4. The lowest BCUT2D eigenvalue weighted by atomic mass is 9.83. The Kier molecular flexibility index (Phi) is 5.78. The highest BCUT2D eigenvalue weighted by Gasteiger charge is 2.40. The molecule has 1 aromatic rings. The van der Waals surface area contributed by atoms with Gasteiger partial charge in [-0.05, 0) is 57.8 Å². The highest BCUT2D eigenvalue weighted by molar-refractivity contribution is 5.79. The molecule has 1 aliphatic carbocycles. The highest BCUT2D eigenvalue weighted by atomic mass is 16.6. The van der Waals surface area contributed by atoms with Crippen molar-refractivity contribution in [1.82, 2.24) is 20.1 Å². The lowest BCUT2D eigenvalue weighted by Gasteiger charge is -2.47. The Balaban J connectivity index is 1.35. The van der Waals surface area contributed by atoms with Crippen LogP contribution in [0.5, 0.6) is 0 Å². The van der Waals surface area contributed by atoms with E-state index in [-0.39, 0.29) is 18.4 Å². The Labute approximate surface area is 166 Å². The molecule has 3 heterocycles. The summed E-state index contributed by atoms with van der Waals surface area (Å²) in [5.41, 5.74) is 2.81. The molecular formula is C21H30N4O3. The number of amides is 2. The number of hydrogen-bond donors (Lipinski definition) is 0. The first-order valence-electron chi connectivity index (χ1n) is 10.6. The van der Waals surface area contributed by atoms with E-state index in [0.717, 1.165) is 32.4 Å². The van der Waals surface area contributed by atoms with Crippen LogP contribution in [0, 0.1) is 12.8 Å². The van der Waals surface area contributed by atoms with Crippen LogP contribution in [0.25, 0.3) is 0 Å². The number of rotatable bonds is 5. The molecule has 0 unspecified atom stereocenters. The molecule has 152 valence electrons. The Morgan fingerprint density at radius 3 is 2.89 bits per heavy atom. The normalized spacial score (nSPS) is 25.5. The Hall–Kier alpha value is -2.18. The van der Waals surface area contributed by atoms with Crippen LogP contribution in [0.3, 0.4) is 0 Å². The number of carbonyl (C=O) groups is 2. The fourth-order valence-electron chi connectivity index (χ4n) is 4.93. The highest BCUT2D eigenvalue weighted by Crippen LogP contribution is 2.32. The minimum atomic E-state index is 0.0769. The molecule has 0 radical (unpaired) electrons. The lowest BCUT2D eigenvalue weighted by molar-refractivity contribution is -0.144. The Bertz CT molecular complexity index is 757. The van der Waals surface area contributed by atoms with E-state index in [2.05, 4.69) is 21.3 Å². The summed E-state index contributed by atoms with van der Waals surface area (Å²) in [6, 6.07) is 0.282. The summed E-state index contributed by atoms with van der Waals surface area (Å²) in [4.78, 5) is 29.3. The smallest absolute Gasteiger partial charge is 0.228 e. The van der Waals surface area contributed by atoms with Crippen LogP contribution in [0.4, 0.5) is 0 Å². The number of piperidine rings is 2.